The highest BCUT2D eigenvalue weighted by atomic mass is 14.0. The second-order valence-electron chi connectivity index (χ2n) is 3.94. The Morgan fingerprint density at radius 1 is 1.13 bits per heavy atom. The maximum Gasteiger partial charge on any atom is -0.0273 e. The molecular formula is C15H24. The van der Waals surface area contributed by atoms with Gasteiger partial charge in [-0.1, -0.05) is 62.8 Å². The lowest BCUT2D eigenvalue weighted by molar-refractivity contribution is 0.799. The van der Waals surface area contributed by atoms with Crippen molar-refractivity contribution in [1.82, 2.24) is 0 Å². The fourth-order valence-corrected chi connectivity index (χ4v) is 1.30. The van der Waals surface area contributed by atoms with Crippen molar-refractivity contribution in [2.45, 2.75) is 46.5 Å². The van der Waals surface area contributed by atoms with Gasteiger partial charge in [0.25, 0.3) is 0 Å². The molecule has 84 valence electrons. The van der Waals surface area contributed by atoms with E-state index in [4.69, 9.17) is 0 Å². The molecule has 0 aromatic carbocycles. The van der Waals surface area contributed by atoms with Crippen molar-refractivity contribution >= 4 is 0 Å². The van der Waals surface area contributed by atoms with Crippen molar-refractivity contribution in [2.75, 3.05) is 0 Å². The average molecular weight is 204 g/mol. The van der Waals surface area contributed by atoms with Gasteiger partial charge in [-0.3, -0.25) is 0 Å². The fraction of sp³-hybridized carbons (Fsp3) is 0.467. The van der Waals surface area contributed by atoms with Crippen LogP contribution in [-0.4, -0.2) is 0 Å². The van der Waals surface area contributed by atoms with Gasteiger partial charge in [-0.15, -0.1) is 0 Å². The van der Waals surface area contributed by atoms with Crippen LogP contribution in [0.4, 0.5) is 0 Å². The minimum atomic E-state index is 1.05. The molecule has 0 aliphatic carbocycles. The minimum Gasteiger partial charge on any atom is -0.0958 e. The monoisotopic (exact) mass is 204 g/mol. The van der Waals surface area contributed by atoms with Gasteiger partial charge >= 0.3 is 0 Å². The van der Waals surface area contributed by atoms with Crippen LogP contribution in [0.2, 0.25) is 0 Å². The molecule has 0 aromatic rings. The standard InChI is InChI=1S/C15H24/c1-6-8-10-14(5)11-12-15(9-7-2)13(3)4/h9,11-12H,3,5-8,10H2,1-2,4H3/b12-11-,15-9+. The van der Waals surface area contributed by atoms with Crippen LogP contribution in [0.15, 0.2) is 48.1 Å². The molecule has 0 aliphatic heterocycles. The minimum absolute atomic E-state index is 1.05. The van der Waals surface area contributed by atoms with E-state index < -0.39 is 0 Å². The summed E-state index contributed by atoms with van der Waals surface area (Å²) in [6.45, 7) is 14.4. The average Bonchev–Trinajstić information content (AvgIpc) is 2.20. The number of allylic oxidation sites excluding steroid dienone is 6. The Hall–Kier alpha value is -1.04. The first kappa shape index (κ1) is 14.0. The summed E-state index contributed by atoms with van der Waals surface area (Å²) < 4.78 is 0. The molecule has 0 nitrogen and oxygen atoms in total. The second-order valence-corrected chi connectivity index (χ2v) is 3.94. The molecule has 0 saturated carbocycles. The summed E-state index contributed by atoms with van der Waals surface area (Å²) in [5.74, 6) is 0. The second kappa shape index (κ2) is 8.28. The van der Waals surface area contributed by atoms with Gasteiger partial charge in [-0.25, -0.2) is 0 Å². The van der Waals surface area contributed by atoms with Crippen molar-refractivity contribution < 1.29 is 0 Å². The summed E-state index contributed by atoms with van der Waals surface area (Å²) in [6.07, 6.45) is 11.0. The zero-order valence-corrected chi connectivity index (χ0v) is 10.5. The van der Waals surface area contributed by atoms with E-state index in [0.29, 0.717) is 0 Å². The molecule has 0 bridgehead atoms. The molecule has 0 aromatic heterocycles. The Morgan fingerprint density at radius 3 is 2.27 bits per heavy atom. The maximum atomic E-state index is 4.04. The van der Waals surface area contributed by atoms with Crippen LogP contribution in [0.5, 0.6) is 0 Å². The predicted octanol–water partition coefficient (Wildman–Crippen LogP) is 5.20. The molecule has 0 heteroatoms. The third kappa shape index (κ3) is 6.96. The van der Waals surface area contributed by atoms with Crippen LogP contribution >= 0.6 is 0 Å². The summed E-state index contributed by atoms with van der Waals surface area (Å²) in [5, 5.41) is 0. The van der Waals surface area contributed by atoms with Gasteiger partial charge in [0.15, 0.2) is 0 Å². The van der Waals surface area contributed by atoms with Crippen LogP contribution in [0, 0.1) is 0 Å². The molecule has 0 N–H and O–H groups in total. The van der Waals surface area contributed by atoms with E-state index in [1.54, 1.807) is 0 Å². The Bertz CT molecular complexity index is 264. The Morgan fingerprint density at radius 2 is 1.80 bits per heavy atom. The number of hydrogen-bond donors (Lipinski definition) is 0. The van der Waals surface area contributed by atoms with Crippen molar-refractivity contribution in [2.24, 2.45) is 0 Å². The molecule has 15 heavy (non-hydrogen) atoms. The first-order valence-corrected chi connectivity index (χ1v) is 5.83. The van der Waals surface area contributed by atoms with Gasteiger partial charge < -0.3 is 0 Å². The number of rotatable bonds is 7. The van der Waals surface area contributed by atoms with E-state index in [1.807, 2.05) is 6.92 Å². The lowest BCUT2D eigenvalue weighted by atomic mass is 10.0. The first-order valence-electron chi connectivity index (χ1n) is 5.83. The highest BCUT2D eigenvalue weighted by Crippen LogP contribution is 2.13. The van der Waals surface area contributed by atoms with Crippen molar-refractivity contribution in [3.63, 3.8) is 0 Å². The van der Waals surface area contributed by atoms with Gasteiger partial charge in [0, 0.05) is 0 Å². The van der Waals surface area contributed by atoms with Crippen molar-refractivity contribution in [3.05, 3.63) is 48.1 Å². The maximum absolute atomic E-state index is 4.04. The van der Waals surface area contributed by atoms with Crippen molar-refractivity contribution in [1.29, 1.82) is 0 Å². The van der Waals surface area contributed by atoms with E-state index in [-0.39, 0.29) is 0 Å². The molecule has 0 amide bonds. The third-order valence-electron chi connectivity index (χ3n) is 2.27. The Labute approximate surface area is 95.1 Å². The highest BCUT2D eigenvalue weighted by Gasteiger charge is 1.93. The summed E-state index contributed by atoms with van der Waals surface area (Å²) >= 11 is 0. The predicted molar refractivity (Wildman–Crippen MR) is 71.0 cm³/mol. The quantitative estimate of drug-likeness (QED) is 0.500. The Kier molecular flexibility index (Phi) is 7.71. The molecule has 0 saturated heterocycles. The molecule has 0 atom stereocenters. The van der Waals surface area contributed by atoms with Crippen LogP contribution in [0.3, 0.4) is 0 Å². The summed E-state index contributed by atoms with van der Waals surface area (Å²) in [5.41, 5.74) is 3.56. The summed E-state index contributed by atoms with van der Waals surface area (Å²) in [7, 11) is 0. The summed E-state index contributed by atoms with van der Waals surface area (Å²) in [6, 6.07) is 0. The van der Waals surface area contributed by atoms with E-state index in [1.165, 1.54) is 24.0 Å². The largest absolute Gasteiger partial charge is 0.0958 e. The molecule has 0 aliphatic rings. The van der Waals surface area contributed by atoms with E-state index in [9.17, 15) is 0 Å². The van der Waals surface area contributed by atoms with Gasteiger partial charge in [-0.05, 0) is 31.8 Å². The van der Waals surface area contributed by atoms with Gasteiger partial charge in [0.1, 0.15) is 0 Å². The normalized spacial score (nSPS) is 12.1. The Balaban J connectivity index is 4.28. The molecule has 0 fully saturated rings. The van der Waals surface area contributed by atoms with Gasteiger partial charge in [0.05, 0.1) is 0 Å². The van der Waals surface area contributed by atoms with Crippen LogP contribution in [0.1, 0.15) is 46.5 Å². The molecular weight excluding hydrogens is 180 g/mol. The third-order valence-corrected chi connectivity index (χ3v) is 2.27. The van der Waals surface area contributed by atoms with Crippen molar-refractivity contribution in [3.8, 4) is 0 Å². The van der Waals surface area contributed by atoms with Crippen LogP contribution < -0.4 is 0 Å². The zero-order valence-electron chi connectivity index (χ0n) is 10.5. The fourth-order valence-electron chi connectivity index (χ4n) is 1.30. The molecule has 0 unspecified atom stereocenters. The lowest BCUT2D eigenvalue weighted by Crippen LogP contribution is -1.81. The number of hydrogen-bond acceptors (Lipinski definition) is 0. The topological polar surface area (TPSA) is 0 Å². The SMILES string of the molecule is C=C(/C=C\C(=C/CC)C(=C)C)CCCC. The molecule has 0 heterocycles. The smallest absolute Gasteiger partial charge is 0.0273 e. The molecule has 0 radical (unpaired) electrons. The summed E-state index contributed by atoms with van der Waals surface area (Å²) in [4.78, 5) is 0. The first-order chi connectivity index (χ1) is 7.11. The number of unbranched alkanes of at least 4 members (excludes halogenated alkanes) is 1. The van der Waals surface area contributed by atoms with Crippen LogP contribution in [0.25, 0.3) is 0 Å². The van der Waals surface area contributed by atoms with Crippen LogP contribution in [-0.2, 0) is 0 Å². The van der Waals surface area contributed by atoms with Gasteiger partial charge in [-0.2, -0.15) is 0 Å². The van der Waals surface area contributed by atoms with Gasteiger partial charge in [0.2, 0.25) is 0 Å². The highest BCUT2D eigenvalue weighted by molar-refractivity contribution is 5.38. The van der Waals surface area contributed by atoms with E-state index in [2.05, 4.69) is 45.2 Å². The zero-order chi connectivity index (χ0) is 11.7. The molecule has 0 spiro atoms. The molecule has 0 rings (SSSR count). The van der Waals surface area contributed by atoms with E-state index >= 15 is 0 Å². The van der Waals surface area contributed by atoms with E-state index in [0.717, 1.165) is 18.4 Å². The lowest BCUT2D eigenvalue weighted by Gasteiger charge is -2.01.